The number of benzene rings is 2. The normalized spacial score (nSPS) is 15.0. The van der Waals surface area contributed by atoms with E-state index in [4.69, 9.17) is 14.9 Å². The van der Waals surface area contributed by atoms with Crippen molar-refractivity contribution in [3.63, 3.8) is 0 Å². The molecule has 5 rings (SSSR count). The number of hydrogen-bond donors (Lipinski definition) is 2. The Balaban J connectivity index is 1.37. The van der Waals surface area contributed by atoms with Crippen LogP contribution in [0.4, 0.5) is 19.0 Å². The predicted octanol–water partition coefficient (Wildman–Crippen LogP) is 4.45. The van der Waals surface area contributed by atoms with Crippen LogP contribution in [0, 0.1) is 0 Å². The third kappa shape index (κ3) is 6.42. The number of sulfonamides is 1. The number of fused-ring (bicyclic) bond motifs is 1. The number of nitrogens with zero attached hydrogens (tertiary/aromatic N) is 2. The third-order valence-corrected chi connectivity index (χ3v) is 8.35. The number of amides is 1. The Kier molecular flexibility index (Phi) is 7.84. The summed E-state index contributed by atoms with van der Waals surface area (Å²) in [6, 6.07) is 12.9. The van der Waals surface area contributed by atoms with E-state index >= 15 is 0 Å². The number of furan rings is 1. The van der Waals surface area contributed by atoms with E-state index in [-0.39, 0.29) is 46.8 Å². The van der Waals surface area contributed by atoms with Crippen molar-refractivity contribution >= 4 is 38.8 Å². The highest BCUT2D eigenvalue weighted by Crippen LogP contribution is 2.39. The summed E-state index contributed by atoms with van der Waals surface area (Å²) in [4.78, 5) is 16.2. The first kappa shape index (κ1) is 28.3. The number of rotatable bonds is 7. The molecule has 1 fully saturated rings. The summed E-state index contributed by atoms with van der Waals surface area (Å²) >= 11 is 0. The zero-order valence-corrected chi connectivity index (χ0v) is 22.3. The highest BCUT2D eigenvalue weighted by molar-refractivity contribution is 7.89. The molecule has 0 atom stereocenters. The van der Waals surface area contributed by atoms with E-state index in [1.54, 1.807) is 12.1 Å². The van der Waals surface area contributed by atoms with Gasteiger partial charge in [0.05, 0.1) is 30.2 Å². The van der Waals surface area contributed by atoms with Crippen LogP contribution in [0.3, 0.4) is 0 Å². The fourth-order valence-corrected chi connectivity index (χ4v) is 5.75. The monoisotopic (exact) mass is 586 g/mol. The standard InChI is InChI=1S/C28H25F3N4O5S/c29-28(30,31)24-15-20(19-3-5-23(6-4-19)41(37,38)35-9-11-39-12-10-35)13-21-14-22(40-27(21)24)17-34-26(36)8-2-18-1-7-25(32)33-16-18/h1-8,13-16H,9-12,17H2,(H2,32,33)(H,34,36). The van der Waals surface area contributed by atoms with E-state index in [0.29, 0.717) is 30.2 Å². The Hall–Kier alpha value is -4.20. The van der Waals surface area contributed by atoms with Gasteiger partial charge in [-0.2, -0.15) is 17.5 Å². The molecule has 0 unspecified atom stereocenters. The molecule has 0 spiro atoms. The van der Waals surface area contributed by atoms with Crippen LogP contribution in [-0.4, -0.2) is 49.9 Å². The topological polar surface area (TPSA) is 128 Å². The number of anilines is 1. The molecule has 2 aromatic carbocycles. The van der Waals surface area contributed by atoms with Crippen molar-refractivity contribution in [2.24, 2.45) is 0 Å². The van der Waals surface area contributed by atoms with Gasteiger partial charge < -0.3 is 20.2 Å². The second-order valence-corrected chi connectivity index (χ2v) is 11.2. The number of halogens is 3. The maximum Gasteiger partial charge on any atom is 0.420 e. The number of carbonyl (C=O) groups excluding carboxylic acids is 1. The molecule has 3 heterocycles. The number of alkyl halides is 3. The molecule has 1 amide bonds. The Morgan fingerprint density at radius 2 is 1.78 bits per heavy atom. The van der Waals surface area contributed by atoms with Gasteiger partial charge in [0.2, 0.25) is 15.9 Å². The highest BCUT2D eigenvalue weighted by Gasteiger charge is 2.35. The van der Waals surface area contributed by atoms with E-state index in [9.17, 15) is 26.4 Å². The van der Waals surface area contributed by atoms with Crippen LogP contribution in [0.1, 0.15) is 16.9 Å². The summed E-state index contributed by atoms with van der Waals surface area (Å²) in [7, 11) is -3.75. The van der Waals surface area contributed by atoms with Gasteiger partial charge in [0.15, 0.2) is 0 Å². The first-order valence-corrected chi connectivity index (χ1v) is 13.9. The number of nitrogen functional groups attached to an aromatic ring is 1. The van der Waals surface area contributed by atoms with Gasteiger partial charge in [0.25, 0.3) is 0 Å². The molecule has 3 N–H and O–H groups in total. The van der Waals surface area contributed by atoms with Gasteiger partial charge in [0, 0.05) is 30.7 Å². The van der Waals surface area contributed by atoms with Crippen molar-refractivity contribution in [2.75, 3.05) is 32.0 Å². The SMILES string of the molecule is Nc1ccc(C=CC(=O)NCc2cc3cc(-c4ccc(S(=O)(=O)N5CCOCC5)cc4)cc(C(F)(F)F)c3o2)cn1. The average Bonchev–Trinajstić information content (AvgIpc) is 3.38. The first-order valence-electron chi connectivity index (χ1n) is 12.5. The number of aromatic nitrogens is 1. The average molecular weight is 587 g/mol. The van der Waals surface area contributed by atoms with Crippen molar-refractivity contribution in [2.45, 2.75) is 17.6 Å². The molecule has 214 valence electrons. The summed E-state index contributed by atoms with van der Waals surface area (Å²) in [5, 5.41) is 2.77. The van der Waals surface area contributed by atoms with Crippen LogP contribution in [-0.2, 0) is 32.3 Å². The lowest BCUT2D eigenvalue weighted by molar-refractivity contribution is -0.136. The van der Waals surface area contributed by atoms with Gasteiger partial charge >= 0.3 is 6.18 Å². The third-order valence-electron chi connectivity index (χ3n) is 6.44. The van der Waals surface area contributed by atoms with E-state index in [1.807, 2.05) is 0 Å². The molecule has 0 bridgehead atoms. The summed E-state index contributed by atoms with van der Waals surface area (Å²) in [6.07, 6.45) is -0.447. The number of hydrogen-bond acceptors (Lipinski definition) is 7. The molecular weight excluding hydrogens is 561 g/mol. The zero-order valence-electron chi connectivity index (χ0n) is 21.5. The molecule has 41 heavy (non-hydrogen) atoms. The van der Waals surface area contributed by atoms with Crippen LogP contribution >= 0.6 is 0 Å². The first-order chi connectivity index (χ1) is 19.5. The van der Waals surface area contributed by atoms with Crippen LogP contribution < -0.4 is 11.1 Å². The van der Waals surface area contributed by atoms with Gasteiger partial charge in [-0.1, -0.05) is 12.1 Å². The van der Waals surface area contributed by atoms with Crippen molar-refractivity contribution in [3.8, 4) is 11.1 Å². The summed E-state index contributed by atoms with van der Waals surface area (Å²) in [6.45, 7) is 0.918. The molecule has 1 aliphatic heterocycles. The number of nitrogens with two attached hydrogens (primary N) is 1. The van der Waals surface area contributed by atoms with Crippen molar-refractivity contribution in [3.05, 3.63) is 83.8 Å². The number of morpholine rings is 1. The fourth-order valence-electron chi connectivity index (χ4n) is 4.35. The summed E-state index contributed by atoms with van der Waals surface area (Å²) < 4.78 is 79.8. The van der Waals surface area contributed by atoms with Crippen molar-refractivity contribution < 1.29 is 35.5 Å². The van der Waals surface area contributed by atoms with Crippen LogP contribution in [0.5, 0.6) is 0 Å². The Bertz CT molecular complexity index is 1690. The summed E-state index contributed by atoms with van der Waals surface area (Å²) in [5.41, 5.74) is 5.47. The second kappa shape index (κ2) is 11.4. The van der Waals surface area contributed by atoms with Gasteiger partial charge in [-0.05, 0) is 65.2 Å². The molecule has 0 saturated carbocycles. The fraction of sp³-hybridized carbons (Fsp3) is 0.214. The molecule has 2 aromatic heterocycles. The van der Waals surface area contributed by atoms with E-state index in [2.05, 4.69) is 10.3 Å². The lowest BCUT2D eigenvalue weighted by atomic mass is 10.0. The molecule has 0 aliphatic carbocycles. The van der Waals surface area contributed by atoms with E-state index in [1.165, 1.54) is 59.1 Å². The lowest BCUT2D eigenvalue weighted by Crippen LogP contribution is -2.40. The highest BCUT2D eigenvalue weighted by atomic mass is 32.2. The maximum absolute atomic E-state index is 14.0. The van der Waals surface area contributed by atoms with Crippen LogP contribution in [0.15, 0.2) is 76.2 Å². The smallest absolute Gasteiger partial charge is 0.420 e. The second-order valence-electron chi connectivity index (χ2n) is 9.26. The zero-order chi connectivity index (χ0) is 29.2. The van der Waals surface area contributed by atoms with Gasteiger partial charge in [-0.3, -0.25) is 4.79 Å². The van der Waals surface area contributed by atoms with Gasteiger partial charge in [-0.25, -0.2) is 13.4 Å². The molecule has 9 nitrogen and oxygen atoms in total. The number of ether oxygens (including phenoxy) is 1. The Labute approximate surface area is 233 Å². The molecule has 4 aromatic rings. The number of nitrogens with one attached hydrogen (secondary N) is 1. The molecule has 13 heteroatoms. The minimum absolute atomic E-state index is 0.0447. The molecule has 0 radical (unpaired) electrons. The largest absolute Gasteiger partial charge is 0.459 e. The number of carbonyl (C=O) groups is 1. The minimum Gasteiger partial charge on any atom is -0.459 e. The van der Waals surface area contributed by atoms with Crippen LogP contribution in [0.25, 0.3) is 28.2 Å². The lowest BCUT2D eigenvalue weighted by Gasteiger charge is -2.26. The van der Waals surface area contributed by atoms with Gasteiger partial charge in [0.1, 0.15) is 17.2 Å². The Morgan fingerprint density at radius 1 is 1.05 bits per heavy atom. The van der Waals surface area contributed by atoms with E-state index < -0.39 is 27.7 Å². The molecule has 1 aliphatic rings. The number of pyridine rings is 1. The van der Waals surface area contributed by atoms with Gasteiger partial charge in [-0.15, -0.1) is 0 Å². The van der Waals surface area contributed by atoms with Crippen molar-refractivity contribution in [1.82, 2.24) is 14.6 Å². The molecular formula is C28H25F3N4O5S. The maximum atomic E-state index is 14.0. The Morgan fingerprint density at radius 3 is 2.44 bits per heavy atom. The summed E-state index contributed by atoms with van der Waals surface area (Å²) in [5.74, 6) is -0.0109. The predicted molar refractivity (Wildman–Crippen MR) is 146 cm³/mol. The minimum atomic E-state index is -4.72. The van der Waals surface area contributed by atoms with E-state index in [0.717, 1.165) is 6.07 Å². The van der Waals surface area contributed by atoms with Crippen LogP contribution in [0.2, 0.25) is 0 Å². The van der Waals surface area contributed by atoms with Crippen molar-refractivity contribution in [1.29, 1.82) is 0 Å². The molecule has 1 saturated heterocycles. The quantitative estimate of drug-likeness (QED) is 0.307.